The van der Waals surface area contributed by atoms with E-state index in [1.807, 2.05) is 6.92 Å². The second-order valence-corrected chi connectivity index (χ2v) is 6.84. The van der Waals surface area contributed by atoms with Gasteiger partial charge in [-0.2, -0.15) is 0 Å². The van der Waals surface area contributed by atoms with Gasteiger partial charge in [-0.25, -0.2) is 15.0 Å². The van der Waals surface area contributed by atoms with Crippen molar-refractivity contribution >= 4 is 21.4 Å². The molecule has 0 aliphatic heterocycles. The third kappa shape index (κ3) is 2.84. The van der Waals surface area contributed by atoms with E-state index in [0.717, 1.165) is 5.56 Å². The molecule has 0 spiro atoms. The summed E-state index contributed by atoms with van der Waals surface area (Å²) in [6, 6.07) is 12.9. The third-order valence-electron chi connectivity index (χ3n) is 2.89. The maximum Gasteiger partial charge on any atom is 0.350 e. The molecular formula is C15H12ClNO2S. The summed E-state index contributed by atoms with van der Waals surface area (Å²) in [7, 11) is -3.75. The molecule has 0 aliphatic rings. The largest absolute Gasteiger partial charge is 0.350 e. The van der Waals surface area contributed by atoms with Gasteiger partial charge >= 0.3 is 5.37 Å². The van der Waals surface area contributed by atoms with Gasteiger partial charge in [0.25, 0.3) is 9.84 Å². The summed E-state index contributed by atoms with van der Waals surface area (Å²) in [6.45, 7) is 9.09. The SMILES string of the molecule is [C-]#[N+]C(c1cccc(Cl)c1)S(=O)(=O)c1ccc(C)cc1. The van der Waals surface area contributed by atoms with Crippen LogP contribution < -0.4 is 0 Å². The number of halogens is 1. The van der Waals surface area contributed by atoms with Crippen LogP contribution in [0.4, 0.5) is 0 Å². The molecule has 5 heteroatoms. The fourth-order valence-electron chi connectivity index (χ4n) is 1.84. The maximum absolute atomic E-state index is 12.5. The van der Waals surface area contributed by atoms with Gasteiger partial charge in [-0.1, -0.05) is 35.4 Å². The molecule has 0 aliphatic carbocycles. The first-order valence-corrected chi connectivity index (χ1v) is 7.80. The van der Waals surface area contributed by atoms with Crippen molar-refractivity contribution < 1.29 is 8.42 Å². The van der Waals surface area contributed by atoms with Gasteiger partial charge in [-0.15, -0.1) is 0 Å². The Morgan fingerprint density at radius 2 is 1.80 bits per heavy atom. The first kappa shape index (κ1) is 14.6. The predicted molar refractivity (Wildman–Crippen MR) is 79.2 cm³/mol. The molecule has 0 saturated carbocycles. The number of benzene rings is 2. The molecule has 0 aromatic heterocycles. The van der Waals surface area contributed by atoms with Gasteiger partial charge in [0.15, 0.2) is 0 Å². The van der Waals surface area contributed by atoms with Gasteiger partial charge in [-0.3, -0.25) is 4.85 Å². The zero-order chi connectivity index (χ0) is 14.8. The van der Waals surface area contributed by atoms with E-state index in [1.165, 1.54) is 18.2 Å². The molecule has 0 amide bonds. The zero-order valence-electron chi connectivity index (χ0n) is 10.7. The van der Waals surface area contributed by atoms with Crippen LogP contribution in [0.5, 0.6) is 0 Å². The van der Waals surface area contributed by atoms with E-state index in [4.69, 9.17) is 18.2 Å². The number of rotatable bonds is 3. The van der Waals surface area contributed by atoms with Gasteiger partial charge in [-0.05, 0) is 37.3 Å². The lowest BCUT2D eigenvalue weighted by atomic mass is 10.2. The highest BCUT2D eigenvalue weighted by molar-refractivity contribution is 7.91. The second-order valence-electron chi connectivity index (χ2n) is 4.39. The van der Waals surface area contributed by atoms with Crippen LogP contribution >= 0.6 is 11.6 Å². The summed E-state index contributed by atoms with van der Waals surface area (Å²) in [5.41, 5.74) is 1.35. The van der Waals surface area contributed by atoms with Crippen LogP contribution in [-0.2, 0) is 9.84 Å². The van der Waals surface area contributed by atoms with Crippen molar-refractivity contribution in [1.82, 2.24) is 0 Å². The topological polar surface area (TPSA) is 38.5 Å². The molecular weight excluding hydrogens is 294 g/mol. The molecule has 0 heterocycles. The van der Waals surface area contributed by atoms with Crippen LogP contribution in [0.15, 0.2) is 53.4 Å². The van der Waals surface area contributed by atoms with Crippen LogP contribution in [0, 0.1) is 13.5 Å². The van der Waals surface area contributed by atoms with E-state index in [-0.39, 0.29) is 4.90 Å². The minimum absolute atomic E-state index is 0.143. The quantitative estimate of drug-likeness (QED) is 0.803. The molecule has 0 bridgehead atoms. The lowest BCUT2D eigenvalue weighted by Crippen LogP contribution is -2.10. The third-order valence-corrected chi connectivity index (χ3v) is 5.02. The lowest BCUT2D eigenvalue weighted by molar-refractivity contribution is 0.590. The second kappa shape index (κ2) is 5.66. The number of sulfone groups is 1. The highest BCUT2D eigenvalue weighted by Crippen LogP contribution is 2.31. The number of nitrogens with zero attached hydrogens (tertiary/aromatic N) is 1. The molecule has 1 atom stereocenters. The van der Waals surface area contributed by atoms with Crippen LogP contribution in [0.2, 0.25) is 5.02 Å². The van der Waals surface area contributed by atoms with Crippen molar-refractivity contribution in [3.05, 3.63) is 76.1 Å². The molecule has 2 aromatic carbocycles. The van der Waals surface area contributed by atoms with Crippen molar-refractivity contribution in [2.24, 2.45) is 0 Å². The van der Waals surface area contributed by atoms with Gasteiger partial charge in [0.05, 0.1) is 10.5 Å². The molecule has 102 valence electrons. The average molecular weight is 306 g/mol. The molecule has 0 fully saturated rings. The molecule has 0 radical (unpaired) electrons. The number of hydrogen-bond donors (Lipinski definition) is 0. The Balaban J connectivity index is 2.51. The molecule has 20 heavy (non-hydrogen) atoms. The van der Waals surface area contributed by atoms with Crippen molar-refractivity contribution in [2.45, 2.75) is 17.2 Å². The van der Waals surface area contributed by atoms with E-state index < -0.39 is 15.2 Å². The standard InChI is InChI=1S/C15H12ClNO2S/c1-11-6-8-14(9-7-11)20(18,19)15(17-2)12-4-3-5-13(16)10-12/h3-10,15H,1H3. The molecule has 2 rings (SSSR count). The zero-order valence-corrected chi connectivity index (χ0v) is 12.3. The Kier molecular flexibility index (Phi) is 4.12. The van der Waals surface area contributed by atoms with E-state index in [2.05, 4.69) is 4.85 Å². The minimum Gasteiger partial charge on any atom is -0.291 e. The molecule has 1 unspecified atom stereocenters. The first-order valence-electron chi connectivity index (χ1n) is 5.88. The highest BCUT2D eigenvalue weighted by Gasteiger charge is 2.34. The van der Waals surface area contributed by atoms with Crippen LogP contribution in [-0.4, -0.2) is 8.42 Å². The first-order chi connectivity index (χ1) is 9.45. The lowest BCUT2D eigenvalue weighted by Gasteiger charge is -2.08. The summed E-state index contributed by atoms with van der Waals surface area (Å²) in [6.07, 6.45) is 0. The summed E-state index contributed by atoms with van der Waals surface area (Å²) in [4.78, 5) is 3.42. The number of aryl methyl sites for hydroxylation is 1. The smallest absolute Gasteiger partial charge is 0.291 e. The molecule has 2 aromatic rings. The van der Waals surface area contributed by atoms with E-state index >= 15 is 0 Å². The Morgan fingerprint density at radius 1 is 1.15 bits per heavy atom. The van der Waals surface area contributed by atoms with Crippen molar-refractivity contribution in [3.63, 3.8) is 0 Å². The van der Waals surface area contributed by atoms with Crippen LogP contribution in [0.1, 0.15) is 16.5 Å². The van der Waals surface area contributed by atoms with Crippen LogP contribution in [0.25, 0.3) is 4.85 Å². The fourth-order valence-corrected chi connectivity index (χ4v) is 3.46. The van der Waals surface area contributed by atoms with Crippen LogP contribution in [0.3, 0.4) is 0 Å². The summed E-state index contributed by atoms with van der Waals surface area (Å²) < 4.78 is 25.1. The summed E-state index contributed by atoms with van der Waals surface area (Å²) in [5, 5.41) is -0.862. The normalized spacial score (nSPS) is 12.7. The summed E-state index contributed by atoms with van der Waals surface area (Å²) >= 11 is 5.87. The van der Waals surface area contributed by atoms with Crippen molar-refractivity contribution in [1.29, 1.82) is 0 Å². The van der Waals surface area contributed by atoms with Crippen molar-refractivity contribution in [3.8, 4) is 0 Å². The van der Waals surface area contributed by atoms with Crippen molar-refractivity contribution in [2.75, 3.05) is 0 Å². The van der Waals surface area contributed by atoms with Gasteiger partial charge in [0.2, 0.25) is 0 Å². The Bertz CT molecular complexity index is 761. The molecule has 0 saturated heterocycles. The van der Waals surface area contributed by atoms with Gasteiger partial charge < -0.3 is 0 Å². The highest BCUT2D eigenvalue weighted by atomic mass is 35.5. The molecule has 0 N–H and O–H groups in total. The van der Waals surface area contributed by atoms with Gasteiger partial charge in [0.1, 0.15) is 0 Å². The molecule has 3 nitrogen and oxygen atoms in total. The minimum atomic E-state index is -3.75. The fraction of sp³-hybridized carbons (Fsp3) is 0.133. The summed E-state index contributed by atoms with van der Waals surface area (Å²) in [5.74, 6) is 0. The monoisotopic (exact) mass is 305 g/mol. The number of hydrogen-bond acceptors (Lipinski definition) is 2. The maximum atomic E-state index is 12.5. The Labute approximate surface area is 123 Å². The Morgan fingerprint density at radius 3 is 2.35 bits per heavy atom. The van der Waals surface area contributed by atoms with Gasteiger partial charge in [0, 0.05) is 5.02 Å². The Hall–Kier alpha value is -1.83. The van der Waals surface area contributed by atoms with E-state index in [0.29, 0.717) is 10.6 Å². The van der Waals surface area contributed by atoms with E-state index in [1.54, 1.807) is 30.3 Å². The van der Waals surface area contributed by atoms with E-state index in [9.17, 15) is 8.42 Å². The predicted octanol–water partition coefficient (Wildman–Crippen LogP) is 4.04. The average Bonchev–Trinajstić information content (AvgIpc) is 2.40.